The van der Waals surface area contributed by atoms with E-state index in [1.807, 2.05) is 0 Å². The van der Waals surface area contributed by atoms with Gasteiger partial charge < -0.3 is 16.6 Å². The maximum absolute atomic E-state index is 13.3. The minimum Gasteiger partial charge on any atom is -0.395 e. The van der Waals surface area contributed by atoms with Crippen LogP contribution in [0.1, 0.15) is 17.2 Å². The highest BCUT2D eigenvalue weighted by molar-refractivity contribution is 6.31. The van der Waals surface area contributed by atoms with Crippen LogP contribution in [0.3, 0.4) is 0 Å². The second-order valence-electron chi connectivity index (χ2n) is 3.50. The standard InChI is InChI=1S/C10H14ClFN2O/c1-5-2-7(11)6(3-8(5)12)10(14)9(13)4-15/h2-3,9-10,15H,4,13-14H2,1H3. The van der Waals surface area contributed by atoms with Crippen LogP contribution in [0.25, 0.3) is 0 Å². The Labute approximate surface area is 92.8 Å². The number of hydrogen-bond donors (Lipinski definition) is 3. The SMILES string of the molecule is Cc1cc(Cl)c(C(N)C(N)CO)cc1F. The molecule has 0 fully saturated rings. The fourth-order valence-corrected chi connectivity index (χ4v) is 1.61. The Hall–Kier alpha value is -0.680. The summed E-state index contributed by atoms with van der Waals surface area (Å²) in [5.74, 6) is -0.380. The third-order valence-corrected chi connectivity index (χ3v) is 2.64. The lowest BCUT2D eigenvalue weighted by Gasteiger charge is -2.19. The molecule has 15 heavy (non-hydrogen) atoms. The second kappa shape index (κ2) is 4.90. The first-order chi connectivity index (χ1) is 6.97. The van der Waals surface area contributed by atoms with Crippen LogP contribution in [0, 0.1) is 12.7 Å². The molecule has 0 saturated heterocycles. The number of aryl methyl sites for hydroxylation is 1. The van der Waals surface area contributed by atoms with Gasteiger partial charge >= 0.3 is 0 Å². The molecule has 1 aromatic carbocycles. The summed E-state index contributed by atoms with van der Waals surface area (Å²) in [7, 11) is 0. The monoisotopic (exact) mass is 232 g/mol. The van der Waals surface area contributed by atoms with Crippen LogP contribution in [-0.4, -0.2) is 17.8 Å². The van der Waals surface area contributed by atoms with Gasteiger partial charge in [-0.1, -0.05) is 11.6 Å². The number of aliphatic hydroxyl groups excluding tert-OH is 1. The maximum atomic E-state index is 13.3. The van der Waals surface area contributed by atoms with Crippen LogP contribution in [0.4, 0.5) is 4.39 Å². The second-order valence-corrected chi connectivity index (χ2v) is 3.90. The summed E-state index contributed by atoms with van der Waals surface area (Å²) in [6.45, 7) is 1.34. The third-order valence-electron chi connectivity index (χ3n) is 2.31. The van der Waals surface area contributed by atoms with E-state index in [1.165, 1.54) is 12.1 Å². The van der Waals surface area contributed by atoms with Crippen molar-refractivity contribution in [2.75, 3.05) is 6.61 Å². The minimum atomic E-state index is -0.669. The summed E-state index contributed by atoms with van der Waals surface area (Å²) < 4.78 is 13.3. The van der Waals surface area contributed by atoms with Crippen molar-refractivity contribution in [1.82, 2.24) is 0 Å². The molecule has 0 amide bonds. The molecule has 0 aliphatic heterocycles. The van der Waals surface area contributed by atoms with Gasteiger partial charge in [0.05, 0.1) is 6.61 Å². The van der Waals surface area contributed by atoms with Crippen LogP contribution in [0.5, 0.6) is 0 Å². The Morgan fingerprint density at radius 1 is 1.47 bits per heavy atom. The molecule has 5 N–H and O–H groups in total. The van der Waals surface area contributed by atoms with Crippen molar-refractivity contribution in [2.24, 2.45) is 11.5 Å². The van der Waals surface area contributed by atoms with Crippen molar-refractivity contribution in [2.45, 2.75) is 19.0 Å². The fraction of sp³-hybridized carbons (Fsp3) is 0.400. The van der Waals surface area contributed by atoms with Gasteiger partial charge in [0.2, 0.25) is 0 Å². The normalized spacial score (nSPS) is 15.1. The number of benzene rings is 1. The van der Waals surface area contributed by atoms with E-state index in [4.69, 9.17) is 28.2 Å². The lowest BCUT2D eigenvalue weighted by molar-refractivity contribution is 0.249. The van der Waals surface area contributed by atoms with E-state index >= 15 is 0 Å². The summed E-state index contributed by atoms with van der Waals surface area (Å²) in [6.07, 6.45) is 0. The van der Waals surface area contributed by atoms with Crippen LogP contribution in [0.15, 0.2) is 12.1 Å². The summed E-state index contributed by atoms with van der Waals surface area (Å²) in [4.78, 5) is 0. The van der Waals surface area contributed by atoms with Crippen LogP contribution in [0.2, 0.25) is 5.02 Å². The van der Waals surface area contributed by atoms with Gasteiger partial charge in [-0.15, -0.1) is 0 Å². The zero-order valence-corrected chi connectivity index (χ0v) is 9.13. The molecule has 2 unspecified atom stereocenters. The average molecular weight is 233 g/mol. The Balaban J connectivity index is 3.09. The van der Waals surface area contributed by atoms with Crippen molar-refractivity contribution < 1.29 is 9.50 Å². The molecule has 2 atom stereocenters. The Morgan fingerprint density at radius 3 is 2.60 bits per heavy atom. The van der Waals surface area contributed by atoms with E-state index in [0.717, 1.165) is 0 Å². The summed E-state index contributed by atoms with van der Waals surface area (Å²) in [5, 5.41) is 9.21. The van der Waals surface area contributed by atoms with Crippen molar-refractivity contribution in [1.29, 1.82) is 0 Å². The van der Waals surface area contributed by atoms with E-state index in [2.05, 4.69) is 0 Å². The Morgan fingerprint density at radius 2 is 2.07 bits per heavy atom. The van der Waals surface area contributed by atoms with Gasteiger partial charge in [0, 0.05) is 17.1 Å². The fourth-order valence-electron chi connectivity index (χ4n) is 1.26. The van der Waals surface area contributed by atoms with Gasteiger partial charge in [0.1, 0.15) is 5.82 Å². The molecule has 0 bridgehead atoms. The van der Waals surface area contributed by atoms with Crippen molar-refractivity contribution in [3.8, 4) is 0 Å². The van der Waals surface area contributed by atoms with Gasteiger partial charge in [-0.2, -0.15) is 0 Å². The predicted octanol–water partition coefficient (Wildman–Crippen LogP) is 1.11. The number of rotatable bonds is 3. The molecular formula is C10H14ClFN2O. The van der Waals surface area contributed by atoms with Crippen molar-refractivity contribution in [3.63, 3.8) is 0 Å². The van der Waals surface area contributed by atoms with E-state index < -0.39 is 12.1 Å². The first kappa shape index (κ1) is 12.4. The Bertz CT molecular complexity index is 360. The molecule has 0 aliphatic rings. The number of hydrogen-bond acceptors (Lipinski definition) is 3. The highest BCUT2D eigenvalue weighted by Gasteiger charge is 2.18. The van der Waals surface area contributed by atoms with Gasteiger partial charge in [-0.25, -0.2) is 4.39 Å². The molecule has 5 heteroatoms. The van der Waals surface area contributed by atoms with Gasteiger partial charge in [-0.05, 0) is 30.2 Å². The van der Waals surface area contributed by atoms with Gasteiger partial charge in [-0.3, -0.25) is 0 Å². The number of halogens is 2. The third kappa shape index (κ3) is 2.66. The zero-order chi connectivity index (χ0) is 11.6. The minimum absolute atomic E-state index is 0.271. The van der Waals surface area contributed by atoms with Crippen molar-refractivity contribution in [3.05, 3.63) is 34.1 Å². The van der Waals surface area contributed by atoms with Crippen LogP contribution < -0.4 is 11.5 Å². The van der Waals surface area contributed by atoms with Gasteiger partial charge in [0.25, 0.3) is 0 Å². The maximum Gasteiger partial charge on any atom is 0.126 e. The molecule has 3 nitrogen and oxygen atoms in total. The molecule has 1 rings (SSSR count). The molecule has 0 aromatic heterocycles. The highest BCUT2D eigenvalue weighted by atomic mass is 35.5. The lowest BCUT2D eigenvalue weighted by atomic mass is 10.00. The largest absolute Gasteiger partial charge is 0.395 e. The van der Waals surface area contributed by atoms with Crippen LogP contribution in [-0.2, 0) is 0 Å². The quantitative estimate of drug-likeness (QED) is 0.731. The van der Waals surface area contributed by atoms with Crippen molar-refractivity contribution >= 4 is 11.6 Å². The molecule has 0 saturated carbocycles. The van der Waals surface area contributed by atoms with E-state index in [1.54, 1.807) is 6.92 Å². The molecule has 0 spiro atoms. The first-order valence-electron chi connectivity index (χ1n) is 4.55. The van der Waals surface area contributed by atoms with E-state index in [9.17, 15) is 4.39 Å². The topological polar surface area (TPSA) is 72.3 Å². The molecule has 0 radical (unpaired) electrons. The number of aliphatic hydroxyl groups is 1. The first-order valence-corrected chi connectivity index (χ1v) is 4.92. The zero-order valence-electron chi connectivity index (χ0n) is 8.37. The Kier molecular flexibility index (Phi) is 4.04. The molecule has 1 aromatic rings. The van der Waals surface area contributed by atoms with Gasteiger partial charge in [0.15, 0.2) is 0 Å². The summed E-state index contributed by atoms with van der Waals surface area (Å²) in [6, 6.07) is 1.44. The van der Waals surface area contributed by atoms with E-state index in [-0.39, 0.29) is 12.4 Å². The lowest BCUT2D eigenvalue weighted by Crippen LogP contribution is -2.37. The summed E-state index contributed by atoms with van der Waals surface area (Å²) in [5.41, 5.74) is 12.2. The van der Waals surface area contributed by atoms with Crippen LogP contribution >= 0.6 is 11.6 Å². The smallest absolute Gasteiger partial charge is 0.126 e. The predicted molar refractivity (Wildman–Crippen MR) is 58.1 cm³/mol. The van der Waals surface area contributed by atoms with E-state index in [0.29, 0.717) is 16.1 Å². The molecule has 84 valence electrons. The highest BCUT2D eigenvalue weighted by Crippen LogP contribution is 2.26. The molecular weight excluding hydrogens is 219 g/mol. The molecule has 0 aliphatic carbocycles. The molecule has 0 heterocycles. The number of nitrogens with two attached hydrogens (primary N) is 2. The summed E-state index contributed by atoms with van der Waals surface area (Å²) >= 11 is 5.91. The average Bonchev–Trinajstić information content (AvgIpc) is 2.21.